The first kappa shape index (κ1) is 14.4. The fourth-order valence-corrected chi connectivity index (χ4v) is 4.64. The van der Waals surface area contributed by atoms with Gasteiger partial charge in [-0.3, -0.25) is 0 Å². The van der Waals surface area contributed by atoms with Crippen LogP contribution in [0.3, 0.4) is 0 Å². The van der Waals surface area contributed by atoms with E-state index in [-0.39, 0.29) is 12.0 Å². The van der Waals surface area contributed by atoms with Gasteiger partial charge in [-0.2, -0.15) is 0 Å². The molecule has 3 nitrogen and oxygen atoms in total. The summed E-state index contributed by atoms with van der Waals surface area (Å²) in [5, 5.41) is 0. The summed E-state index contributed by atoms with van der Waals surface area (Å²) in [4.78, 5) is 0. The van der Waals surface area contributed by atoms with Gasteiger partial charge in [0.1, 0.15) is 4.21 Å². The molecule has 16 heavy (non-hydrogen) atoms. The number of alkyl halides is 1. The number of hydrogen-bond acceptors (Lipinski definition) is 3. The first-order chi connectivity index (χ1) is 7.36. The zero-order valence-corrected chi connectivity index (χ0v) is 12.9. The molecule has 0 saturated heterocycles. The second-order valence-electron chi connectivity index (χ2n) is 3.60. The Kier molecular flexibility index (Phi) is 5.25. The van der Waals surface area contributed by atoms with Crippen molar-refractivity contribution in [1.82, 2.24) is 4.72 Å². The Balaban J connectivity index is 2.80. The Morgan fingerprint density at radius 3 is 2.56 bits per heavy atom. The van der Waals surface area contributed by atoms with Crippen LogP contribution in [0.2, 0.25) is 0 Å². The van der Waals surface area contributed by atoms with Crippen molar-refractivity contribution in [2.75, 3.05) is 5.88 Å². The Morgan fingerprint density at radius 2 is 2.12 bits per heavy atom. The summed E-state index contributed by atoms with van der Waals surface area (Å²) in [6, 6.07) is 3.12. The van der Waals surface area contributed by atoms with E-state index in [1.165, 1.54) is 11.3 Å². The van der Waals surface area contributed by atoms with E-state index in [4.69, 9.17) is 11.6 Å². The van der Waals surface area contributed by atoms with E-state index in [1.54, 1.807) is 12.1 Å². The van der Waals surface area contributed by atoms with Crippen molar-refractivity contribution < 1.29 is 8.42 Å². The van der Waals surface area contributed by atoms with Crippen LogP contribution in [0.25, 0.3) is 0 Å². The van der Waals surface area contributed by atoms with E-state index in [2.05, 4.69) is 20.7 Å². The van der Waals surface area contributed by atoms with Crippen LogP contribution in [0.5, 0.6) is 0 Å². The summed E-state index contributed by atoms with van der Waals surface area (Å²) in [7, 11) is -3.41. The molecule has 0 spiro atoms. The number of sulfonamides is 1. The highest BCUT2D eigenvalue weighted by Gasteiger charge is 2.21. The molecule has 0 bridgehead atoms. The predicted octanol–water partition coefficient (Wildman–Crippen LogP) is 3.05. The minimum absolute atomic E-state index is 0.0971. The molecule has 0 aliphatic carbocycles. The summed E-state index contributed by atoms with van der Waals surface area (Å²) in [6.07, 6.45) is 0. The van der Waals surface area contributed by atoms with Crippen LogP contribution in [-0.2, 0) is 10.0 Å². The highest BCUT2D eigenvalue weighted by Crippen LogP contribution is 2.26. The van der Waals surface area contributed by atoms with Crippen molar-refractivity contribution in [2.24, 2.45) is 5.92 Å². The molecule has 0 amide bonds. The van der Waals surface area contributed by atoms with Crippen molar-refractivity contribution in [3.63, 3.8) is 0 Å². The molecule has 0 aliphatic rings. The van der Waals surface area contributed by atoms with E-state index in [9.17, 15) is 8.42 Å². The topological polar surface area (TPSA) is 46.2 Å². The molecule has 1 aromatic rings. The van der Waals surface area contributed by atoms with Crippen LogP contribution >= 0.6 is 38.9 Å². The van der Waals surface area contributed by atoms with E-state index in [0.29, 0.717) is 10.1 Å². The molecule has 0 aromatic carbocycles. The highest BCUT2D eigenvalue weighted by molar-refractivity contribution is 9.11. The van der Waals surface area contributed by atoms with Gasteiger partial charge in [0.15, 0.2) is 0 Å². The lowest BCUT2D eigenvalue weighted by Crippen LogP contribution is -2.37. The van der Waals surface area contributed by atoms with Gasteiger partial charge >= 0.3 is 0 Å². The van der Waals surface area contributed by atoms with E-state index < -0.39 is 10.0 Å². The fourth-order valence-electron chi connectivity index (χ4n) is 0.995. The van der Waals surface area contributed by atoms with Gasteiger partial charge in [0.05, 0.1) is 3.79 Å². The van der Waals surface area contributed by atoms with Crippen LogP contribution in [0.1, 0.15) is 13.8 Å². The molecule has 1 rings (SSSR count). The van der Waals surface area contributed by atoms with Gasteiger partial charge in [-0.05, 0) is 40.9 Å². The van der Waals surface area contributed by atoms with E-state index >= 15 is 0 Å². The third-order valence-corrected chi connectivity index (χ3v) is 6.41. The largest absolute Gasteiger partial charge is 0.250 e. The minimum atomic E-state index is -3.41. The lowest BCUT2D eigenvalue weighted by atomic mass is 10.1. The molecule has 0 saturated carbocycles. The number of halogens is 2. The average Bonchev–Trinajstić information content (AvgIpc) is 2.63. The first-order valence-corrected chi connectivity index (χ1v) is 8.33. The Morgan fingerprint density at radius 1 is 1.50 bits per heavy atom. The summed E-state index contributed by atoms with van der Waals surface area (Å²) in [5.74, 6) is 0.525. The molecule has 0 fully saturated rings. The molecule has 7 heteroatoms. The summed E-state index contributed by atoms with van der Waals surface area (Å²) in [5.41, 5.74) is 0. The SMILES string of the molecule is CC(CCl)C(C)NS(=O)(=O)c1ccc(Br)s1. The van der Waals surface area contributed by atoms with Crippen LogP contribution in [-0.4, -0.2) is 20.3 Å². The van der Waals surface area contributed by atoms with Crippen LogP contribution in [0.4, 0.5) is 0 Å². The Labute approximate surface area is 113 Å². The highest BCUT2D eigenvalue weighted by atomic mass is 79.9. The predicted molar refractivity (Wildman–Crippen MR) is 71.7 cm³/mol. The molecular weight excluding hydrogens is 334 g/mol. The molecule has 2 atom stereocenters. The number of nitrogens with one attached hydrogen (secondary N) is 1. The molecule has 1 heterocycles. The molecule has 0 aliphatic heterocycles. The Hall–Kier alpha value is 0.380. The van der Waals surface area contributed by atoms with Crippen LogP contribution in [0, 0.1) is 5.92 Å². The molecule has 2 unspecified atom stereocenters. The number of hydrogen-bond donors (Lipinski definition) is 1. The van der Waals surface area contributed by atoms with Crippen molar-refractivity contribution in [3.8, 4) is 0 Å². The summed E-state index contributed by atoms with van der Waals surface area (Å²) in [6.45, 7) is 3.72. The monoisotopic (exact) mass is 345 g/mol. The van der Waals surface area contributed by atoms with E-state index in [1.807, 2.05) is 13.8 Å². The maximum Gasteiger partial charge on any atom is 0.250 e. The van der Waals surface area contributed by atoms with Gasteiger partial charge in [0, 0.05) is 11.9 Å². The second-order valence-corrected chi connectivity index (χ2v) is 8.31. The lowest BCUT2D eigenvalue weighted by molar-refractivity contribution is 0.481. The van der Waals surface area contributed by atoms with Gasteiger partial charge in [0.25, 0.3) is 0 Å². The third-order valence-electron chi connectivity index (χ3n) is 2.25. The van der Waals surface area contributed by atoms with Gasteiger partial charge in [-0.15, -0.1) is 22.9 Å². The standard InChI is InChI=1S/C9H13BrClNO2S2/c1-6(5-11)7(2)12-16(13,14)9-4-3-8(10)15-9/h3-4,6-7,12H,5H2,1-2H3. The van der Waals surface area contributed by atoms with Gasteiger partial charge in [-0.25, -0.2) is 13.1 Å². The van der Waals surface area contributed by atoms with E-state index in [0.717, 1.165) is 3.79 Å². The fraction of sp³-hybridized carbons (Fsp3) is 0.556. The number of rotatable bonds is 5. The van der Waals surface area contributed by atoms with Crippen molar-refractivity contribution in [2.45, 2.75) is 24.1 Å². The zero-order chi connectivity index (χ0) is 12.3. The van der Waals surface area contributed by atoms with Gasteiger partial charge in [-0.1, -0.05) is 6.92 Å². The summed E-state index contributed by atoms with van der Waals surface area (Å²) < 4.78 is 27.5. The lowest BCUT2D eigenvalue weighted by Gasteiger charge is -2.18. The average molecular weight is 347 g/mol. The van der Waals surface area contributed by atoms with Gasteiger partial charge < -0.3 is 0 Å². The van der Waals surface area contributed by atoms with Crippen LogP contribution in [0.15, 0.2) is 20.1 Å². The normalized spacial score (nSPS) is 16.0. The molecule has 0 radical (unpaired) electrons. The molecule has 1 N–H and O–H groups in total. The molecular formula is C9H13BrClNO2S2. The van der Waals surface area contributed by atoms with Crippen molar-refractivity contribution in [1.29, 1.82) is 0 Å². The van der Waals surface area contributed by atoms with Crippen LogP contribution < -0.4 is 4.72 Å². The Bertz CT molecular complexity index is 446. The van der Waals surface area contributed by atoms with Crippen molar-refractivity contribution >= 4 is 48.9 Å². The summed E-state index contributed by atoms with van der Waals surface area (Å²) >= 11 is 10.1. The third kappa shape index (κ3) is 3.70. The zero-order valence-electron chi connectivity index (χ0n) is 8.91. The second kappa shape index (κ2) is 5.82. The minimum Gasteiger partial charge on any atom is -0.207 e. The smallest absolute Gasteiger partial charge is 0.207 e. The molecule has 1 aromatic heterocycles. The van der Waals surface area contributed by atoms with Gasteiger partial charge in [0.2, 0.25) is 10.0 Å². The maximum atomic E-state index is 11.9. The number of thiophene rings is 1. The maximum absolute atomic E-state index is 11.9. The molecule has 92 valence electrons. The van der Waals surface area contributed by atoms with Crippen molar-refractivity contribution in [3.05, 3.63) is 15.9 Å². The quantitative estimate of drug-likeness (QED) is 0.833. The first-order valence-electron chi connectivity index (χ1n) is 4.70.